The molecule has 0 saturated carbocycles. The van der Waals surface area contributed by atoms with Crippen LogP contribution in [0.2, 0.25) is 0 Å². The molecule has 0 saturated heterocycles. The van der Waals surface area contributed by atoms with Crippen LogP contribution < -0.4 is 4.90 Å². The van der Waals surface area contributed by atoms with E-state index in [9.17, 15) is 9.59 Å². The fourth-order valence-corrected chi connectivity index (χ4v) is 4.17. The van der Waals surface area contributed by atoms with E-state index < -0.39 is 0 Å². The third-order valence-electron chi connectivity index (χ3n) is 4.22. The summed E-state index contributed by atoms with van der Waals surface area (Å²) in [5.74, 6) is 0.857. The molecule has 0 radical (unpaired) electrons. The number of thioether (sulfide) groups is 1. The average Bonchev–Trinajstić information content (AvgIpc) is 2.60. The standard InChI is InChI=1S/C20H21NO2S/c1-3-12-21(17-10-5-4-7-14(17)2)20(23)16-9-6-8-15-18(22)11-13-24-19(15)16/h4-10H,3,11-13H2,1-2H3. The molecule has 1 heterocycles. The first-order valence-corrected chi connectivity index (χ1v) is 9.28. The lowest BCUT2D eigenvalue weighted by Gasteiger charge is -2.26. The Bertz CT molecular complexity index is 785. The van der Waals surface area contributed by atoms with E-state index in [0.29, 0.717) is 24.1 Å². The Kier molecular flexibility index (Phi) is 5.05. The number of aryl methyl sites for hydroxylation is 1. The summed E-state index contributed by atoms with van der Waals surface area (Å²) in [6.07, 6.45) is 1.42. The van der Waals surface area contributed by atoms with E-state index >= 15 is 0 Å². The molecule has 0 N–H and O–H groups in total. The highest BCUT2D eigenvalue weighted by Gasteiger charge is 2.26. The summed E-state index contributed by atoms with van der Waals surface area (Å²) >= 11 is 1.61. The summed E-state index contributed by atoms with van der Waals surface area (Å²) < 4.78 is 0. The second kappa shape index (κ2) is 7.22. The molecule has 0 spiro atoms. The van der Waals surface area contributed by atoms with Gasteiger partial charge in [0.25, 0.3) is 5.91 Å². The largest absolute Gasteiger partial charge is 0.308 e. The molecule has 2 aromatic rings. The van der Waals surface area contributed by atoms with E-state index in [1.807, 2.05) is 54.3 Å². The lowest BCUT2D eigenvalue weighted by molar-refractivity contribution is 0.0981. The number of hydrogen-bond donors (Lipinski definition) is 0. The molecule has 2 aromatic carbocycles. The summed E-state index contributed by atoms with van der Waals surface area (Å²) in [6.45, 7) is 4.74. The maximum absolute atomic E-state index is 13.3. The van der Waals surface area contributed by atoms with Crippen LogP contribution in [-0.2, 0) is 0 Å². The van der Waals surface area contributed by atoms with Gasteiger partial charge in [-0.15, -0.1) is 11.8 Å². The molecule has 0 atom stereocenters. The van der Waals surface area contributed by atoms with Crippen LogP contribution in [-0.4, -0.2) is 24.0 Å². The summed E-state index contributed by atoms with van der Waals surface area (Å²) in [7, 11) is 0. The number of fused-ring (bicyclic) bond motifs is 1. The summed E-state index contributed by atoms with van der Waals surface area (Å²) in [6, 6.07) is 13.4. The number of rotatable bonds is 4. The van der Waals surface area contributed by atoms with Crippen LogP contribution in [0, 0.1) is 6.92 Å². The highest BCUT2D eigenvalue weighted by atomic mass is 32.2. The van der Waals surface area contributed by atoms with Gasteiger partial charge >= 0.3 is 0 Å². The molecule has 124 valence electrons. The molecule has 1 amide bonds. The Morgan fingerprint density at radius 3 is 2.71 bits per heavy atom. The smallest absolute Gasteiger partial charge is 0.259 e. The lowest BCUT2D eigenvalue weighted by Crippen LogP contribution is -2.33. The zero-order valence-corrected chi connectivity index (χ0v) is 14.9. The van der Waals surface area contributed by atoms with Crippen LogP contribution >= 0.6 is 11.8 Å². The Morgan fingerprint density at radius 2 is 1.96 bits per heavy atom. The van der Waals surface area contributed by atoms with Gasteiger partial charge in [0.15, 0.2) is 5.78 Å². The fraction of sp³-hybridized carbons (Fsp3) is 0.300. The maximum atomic E-state index is 13.3. The Morgan fingerprint density at radius 1 is 1.17 bits per heavy atom. The van der Waals surface area contributed by atoms with E-state index in [1.54, 1.807) is 11.8 Å². The number of anilines is 1. The van der Waals surface area contributed by atoms with Crippen LogP contribution in [0.15, 0.2) is 47.4 Å². The average molecular weight is 339 g/mol. The van der Waals surface area contributed by atoms with Crippen molar-refractivity contribution in [3.05, 3.63) is 59.2 Å². The van der Waals surface area contributed by atoms with Crippen molar-refractivity contribution < 1.29 is 9.59 Å². The van der Waals surface area contributed by atoms with Gasteiger partial charge in [0.1, 0.15) is 0 Å². The van der Waals surface area contributed by atoms with Gasteiger partial charge in [0.05, 0.1) is 5.56 Å². The molecule has 0 fully saturated rings. The van der Waals surface area contributed by atoms with E-state index in [4.69, 9.17) is 0 Å². The molecular weight excluding hydrogens is 318 g/mol. The number of Topliss-reactive ketones (excluding diaryl/α,β-unsaturated/α-hetero) is 1. The zero-order valence-electron chi connectivity index (χ0n) is 14.0. The summed E-state index contributed by atoms with van der Waals surface area (Å²) in [5.41, 5.74) is 3.35. The van der Waals surface area contributed by atoms with Crippen molar-refractivity contribution >= 4 is 29.1 Å². The minimum Gasteiger partial charge on any atom is -0.308 e. The third-order valence-corrected chi connectivity index (χ3v) is 5.36. The predicted octanol–water partition coefficient (Wildman–Crippen LogP) is 4.73. The molecule has 1 aliphatic rings. The first-order chi connectivity index (χ1) is 11.6. The third kappa shape index (κ3) is 3.11. The molecule has 0 aromatic heterocycles. The first kappa shape index (κ1) is 16.8. The summed E-state index contributed by atoms with van der Waals surface area (Å²) in [4.78, 5) is 28.1. The number of nitrogens with zero attached hydrogens (tertiary/aromatic N) is 1. The Hall–Kier alpha value is -2.07. The second-order valence-corrected chi connectivity index (χ2v) is 7.05. The van der Waals surface area contributed by atoms with Crippen molar-refractivity contribution in [1.82, 2.24) is 0 Å². The van der Waals surface area contributed by atoms with Crippen LogP contribution in [0.3, 0.4) is 0 Å². The molecule has 3 nitrogen and oxygen atoms in total. The van der Waals surface area contributed by atoms with Crippen molar-refractivity contribution in [2.24, 2.45) is 0 Å². The quantitative estimate of drug-likeness (QED) is 0.808. The van der Waals surface area contributed by atoms with Gasteiger partial charge in [0, 0.05) is 34.9 Å². The predicted molar refractivity (Wildman–Crippen MR) is 99.3 cm³/mol. The topological polar surface area (TPSA) is 37.4 Å². The van der Waals surface area contributed by atoms with Crippen molar-refractivity contribution in [2.75, 3.05) is 17.2 Å². The van der Waals surface area contributed by atoms with Gasteiger partial charge in [-0.3, -0.25) is 9.59 Å². The van der Waals surface area contributed by atoms with E-state index in [2.05, 4.69) is 6.92 Å². The van der Waals surface area contributed by atoms with E-state index in [1.165, 1.54) is 0 Å². The number of benzene rings is 2. The number of hydrogen-bond acceptors (Lipinski definition) is 3. The molecule has 1 aliphatic heterocycles. The van der Waals surface area contributed by atoms with Gasteiger partial charge in [-0.1, -0.05) is 37.3 Å². The molecule has 24 heavy (non-hydrogen) atoms. The molecule has 4 heteroatoms. The molecule has 3 rings (SSSR count). The number of para-hydroxylation sites is 1. The second-order valence-electron chi connectivity index (χ2n) is 5.95. The van der Waals surface area contributed by atoms with Crippen molar-refractivity contribution in [3.8, 4) is 0 Å². The van der Waals surface area contributed by atoms with Crippen molar-refractivity contribution in [3.63, 3.8) is 0 Å². The number of carbonyl (C=O) groups is 2. The van der Waals surface area contributed by atoms with Gasteiger partial charge in [0.2, 0.25) is 0 Å². The SMILES string of the molecule is CCCN(C(=O)c1cccc2c1SCCC2=O)c1ccccc1C. The molecule has 0 aliphatic carbocycles. The Labute approximate surface area is 147 Å². The number of carbonyl (C=O) groups excluding carboxylic acids is 2. The van der Waals surface area contributed by atoms with Crippen LogP contribution in [0.4, 0.5) is 5.69 Å². The molecule has 0 bridgehead atoms. The van der Waals surface area contributed by atoms with E-state index in [0.717, 1.165) is 28.3 Å². The maximum Gasteiger partial charge on any atom is 0.259 e. The summed E-state index contributed by atoms with van der Waals surface area (Å²) in [5, 5.41) is 0. The lowest BCUT2D eigenvalue weighted by atomic mass is 10.0. The van der Waals surface area contributed by atoms with Crippen molar-refractivity contribution in [2.45, 2.75) is 31.6 Å². The highest BCUT2D eigenvalue weighted by Crippen LogP contribution is 2.34. The number of ketones is 1. The Balaban J connectivity index is 2.05. The van der Waals surface area contributed by atoms with Crippen LogP contribution in [0.1, 0.15) is 46.0 Å². The first-order valence-electron chi connectivity index (χ1n) is 8.30. The van der Waals surface area contributed by atoms with Crippen LogP contribution in [0.25, 0.3) is 0 Å². The number of amides is 1. The van der Waals surface area contributed by atoms with Gasteiger partial charge < -0.3 is 4.90 Å². The molecular formula is C20H21NO2S. The zero-order chi connectivity index (χ0) is 17.1. The van der Waals surface area contributed by atoms with Gasteiger partial charge in [-0.05, 0) is 31.0 Å². The van der Waals surface area contributed by atoms with Crippen LogP contribution in [0.5, 0.6) is 0 Å². The van der Waals surface area contributed by atoms with E-state index in [-0.39, 0.29) is 11.7 Å². The normalized spacial score (nSPS) is 13.5. The monoisotopic (exact) mass is 339 g/mol. The fourth-order valence-electron chi connectivity index (χ4n) is 3.03. The van der Waals surface area contributed by atoms with Gasteiger partial charge in [-0.2, -0.15) is 0 Å². The molecule has 0 unspecified atom stereocenters. The highest BCUT2D eigenvalue weighted by molar-refractivity contribution is 7.99. The minimum atomic E-state index is -0.0230. The van der Waals surface area contributed by atoms with Crippen molar-refractivity contribution in [1.29, 1.82) is 0 Å². The minimum absolute atomic E-state index is 0.0230. The van der Waals surface area contributed by atoms with Gasteiger partial charge in [-0.25, -0.2) is 0 Å².